The lowest BCUT2D eigenvalue weighted by Crippen LogP contribution is -2.27. The molecule has 0 aromatic carbocycles. The van der Waals surface area contributed by atoms with Crippen LogP contribution in [0.5, 0.6) is 0 Å². The molecule has 80 valence electrons. The number of rotatable bonds is 5. The molecule has 0 aliphatic rings. The van der Waals surface area contributed by atoms with Gasteiger partial charge in [0.1, 0.15) is 0 Å². The summed E-state index contributed by atoms with van der Waals surface area (Å²) in [6, 6.07) is 4.80. The van der Waals surface area contributed by atoms with Crippen molar-refractivity contribution in [2.45, 2.75) is 25.9 Å². The number of nitrogens with one attached hydrogen (secondary N) is 1. The average molecular weight is 238 g/mol. The standard InChI is InChI=1S/C11H14N2S2/c1-9(5-11-3-2-4-15-11)12-6-10-7-14-8-13-10/h2-4,7-9,12H,5-6H2,1H3. The number of thiazole rings is 1. The Bertz CT molecular complexity index is 367. The summed E-state index contributed by atoms with van der Waals surface area (Å²) in [4.78, 5) is 5.68. The van der Waals surface area contributed by atoms with Crippen molar-refractivity contribution in [2.75, 3.05) is 0 Å². The van der Waals surface area contributed by atoms with E-state index in [1.54, 1.807) is 11.3 Å². The molecule has 0 radical (unpaired) electrons. The summed E-state index contributed by atoms with van der Waals surface area (Å²) in [6.45, 7) is 3.09. The van der Waals surface area contributed by atoms with Gasteiger partial charge in [0, 0.05) is 22.8 Å². The minimum absolute atomic E-state index is 0.505. The third kappa shape index (κ3) is 3.41. The third-order valence-corrected chi connectivity index (χ3v) is 3.74. The lowest BCUT2D eigenvalue weighted by Gasteiger charge is -2.11. The SMILES string of the molecule is CC(Cc1cccs1)NCc1cscn1. The van der Waals surface area contributed by atoms with Crippen LogP contribution in [0.2, 0.25) is 0 Å². The van der Waals surface area contributed by atoms with Crippen LogP contribution in [0.4, 0.5) is 0 Å². The number of hydrogen-bond acceptors (Lipinski definition) is 4. The second kappa shape index (κ2) is 5.39. The van der Waals surface area contributed by atoms with Gasteiger partial charge in [-0.05, 0) is 24.8 Å². The maximum Gasteiger partial charge on any atom is 0.0795 e. The second-order valence-electron chi connectivity index (χ2n) is 3.55. The van der Waals surface area contributed by atoms with Crippen LogP contribution in [0.15, 0.2) is 28.4 Å². The molecule has 2 nitrogen and oxygen atoms in total. The molecule has 1 unspecified atom stereocenters. The van der Waals surface area contributed by atoms with E-state index in [9.17, 15) is 0 Å². The first kappa shape index (κ1) is 10.8. The van der Waals surface area contributed by atoms with Crippen molar-refractivity contribution in [1.29, 1.82) is 0 Å². The van der Waals surface area contributed by atoms with Gasteiger partial charge in [-0.1, -0.05) is 6.07 Å². The minimum atomic E-state index is 0.505. The zero-order chi connectivity index (χ0) is 10.5. The maximum absolute atomic E-state index is 4.24. The normalized spacial score (nSPS) is 12.9. The topological polar surface area (TPSA) is 24.9 Å². The zero-order valence-electron chi connectivity index (χ0n) is 8.64. The molecule has 0 aliphatic heterocycles. The molecule has 2 aromatic rings. The predicted molar refractivity (Wildman–Crippen MR) is 66.4 cm³/mol. The summed E-state index contributed by atoms with van der Waals surface area (Å²) >= 11 is 3.47. The van der Waals surface area contributed by atoms with Crippen LogP contribution < -0.4 is 5.32 Å². The minimum Gasteiger partial charge on any atom is -0.308 e. The summed E-state index contributed by atoms with van der Waals surface area (Å²) in [7, 11) is 0. The summed E-state index contributed by atoms with van der Waals surface area (Å²) in [5.74, 6) is 0. The number of hydrogen-bond donors (Lipinski definition) is 1. The fourth-order valence-corrected chi connectivity index (χ4v) is 2.80. The fourth-order valence-electron chi connectivity index (χ4n) is 1.41. The van der Waals surface area contributed by atoms with E-state index in [0.717, 1.165) is 18.7 Å². The van der Waals surface area contributed by atoms with E-state index < -0.39 is 0 Å². The van der Waals surface area contributed by atoms with Gasteiger partial charge in [0.05, 0.1) is 11.2 Å². The molecule has 2 rings (SSSR count). The van der Waals surface area contributed by atoms with Crippen molar-refractivity contribution in [1.82, 2.24) is 10.3 Å². The highest BCUT2D eigenvalue weighted by Gasteiger charge is 2.04. The predicted octanol–water partition coefficient (Wildman–Crippen LogP) is 2.93. The van der Waals surface area contributed by atoms with Gasteiger partial charge in [0.2, 0.25) is 0 Å². The van der Waals surface area contributed by atoms with Gasteiger partial charge in [-0.2, -0.15) is 0 Å². The second-order valence-corrected chi connectivity index (χ2v) is 5.30. The van der Waals surface area contributed by atoms with Gasteiger partial charge in [-0.25, -0.2) is 4.98 Å². The van der Waals surface area contributed by atoms with Crippen LogP contribution in [-0.4, -0.2) is 11.0 Å². The van der Waals surface area contributed by atoms with Crippen LogP contribution in [0, 0.1) is 0 Å². The summed E-state index contributed by atoms with van der Waals surface area (Å²) < 4.78 is 0. The van der Waals surface area contributed by atoms with Crippen LogP contribution in [0.3, 0.4) is 0 Å². The molecule has 0 saturated carbocycles. The zero-order valence-corrected chi connectivity index (χ0v) is 10.3. The summed E-state index contributed by atoms with van der Waals surface area (Å²) in [5.41, 5.74) is 3.01. The molecule has 0 saturated heterocycles. The lowest BCUT2D eigenvalue weighted by atomic mass is 10.2. The van der Waals surface area contributed by atoms with Gasteiger partial charge < -0.3 is 5.32 Å². The van der Waals surface area contributed by atoms with Crippen LogP contribution in [0.25, 0.3) is 0 Å². The average Bonchev–Trinajstić information content (AvgIpc) is 2.86. The number of thiophene rings is 1. The Kier molecular flexibility index (Phi) is 3.88. The monoisotopic (exact) mass is 238 g/mol. The van der Waals surface area contributed by atoms with Gasteiger partial charge in [-0.3, -0.25) is 0 Å². The van der Waals surface area contributed by atoms with Crippen LogP contribution in [-0.2, 0) is 13.0 Å². The quantitative estimate of drug-likeness (QED) is 0.866. The summed E-state index contributed by atoms with van der Waals surface area (Å²) in [5, 5.41) is 7.69. The Morgan fingerprint density at radius 2 is 2.47 bits per heavy atom. The fraction of sp³-hybridized carbons (Fsp3) is 0.364. The van der Waals surface area contributed by atoms with E-state index in [2.05, 4.69) is 40.1 Å². The lowest BCUT2D eigenvalue weighted by molar-refractivity contribution is 0.544. The maximum atomic E-state index is 4.24. The van der Waals surface area contributed by atoms with Crippen molar-refractivity contribution in [3.8, 4) is 0 Å². The molecule has 1 atom stereocenters. The first-order valence-corrected chi connectivity index (χ1v) is 6.79. The Labute approximate surface area is 98.0 Å². The molecule has 2 heterocycles. The van der Waals surface area contributed by atoms with Crippen LogP contribution in [0.1, 0.15) is 17.5 Å². The van der Waals surface area contributed by atoms with Crippen molar-refractivity contribution in [3.05, 3.63) is 39.0 Å². The molecule has 2 aromatic heterocycles. The molecule has 1 N–H and O–H groups in total. The van der Waals surface area contributed by atoms with Crippen LogP contribution >= 0.6 is 22.7 Å². The Morgan fingerprint density at radius 3 is 3.13 bits per heavy atom. The van der Waals surface area contributed by atoms with Crippen molar-refractivity contribution >= 4 is 22.7 Å². The highest BCUT2D eigenvalue weighted by atomic mass is 32.1. The van der Waals surface area contributed by atoms with E-state index in [-0.39, 0.29) is 0 Å². The summed E-state index contributed by atoms with van der Waals surface area (Å²) in [6.07, 6.45) is 1.10. The Balaban J connectivity index is 1.76. The van der Waals surface area contributed by atoms with Gasteiger partial charge in [0.25, 0.3) is 0 Å². The number of nitrogens with zero attached hydrogens (tertiary/aromatic N) is 1. The third-order valence-electron chi connectivity index (χ3n) is 2.20. The van der Waals surface area contributed by atoms with Crippen molar-refractivity contribution in [3.63, 3.8) is 0 Å². The number of aromatic nitrogens is 1. The van der Waals surface area contributed by atoms with Gasteiger partial charge in [0.15, 0.2) is 0 Å². The van der Waals surface area contributed by atoms with E-state index >= 15 is 0 Å². The molecule has 0 bridgehead atoms. The van der Waals surface area contributed by atoms with Crippen molar-refractivity contribution < 1.29 is 0 Å². The highest BCUT2D eigenvalue weighted by Crippen LogP contribution is 2.11. The molecule has 0 spiro atoms. The molecular weight excluding hydrogens is 224 g/mol. The highest BCUT2D eigenvalue weighted by molar-refractivity contribution is 7.09. The molecule has 0 aliphatic carbocycles. The van der Waals surface area contributed by atoms with E-state index in [0.29, 0.717) is 6.04 Å². The molecule has 0 amide bonds. The van der Waals surface area contributed by atoms with Gasteiger partial charge in [-0.15, -0.1) is 22.7 Å². The largest absolute Gasteiger partial charge is 0.308 e. The molecule has 0 fully saturated rings. The Morgan fingerprint density at radius 1 is 1.53 bits per heavy atom. The first-order chi connectivity index (χ1) is 7.34. The van der Waals surface area contributed by atoms with E-state index in [4.69, 9.17) is 0 Å². The Hall–Kier alpha value is -0.710. The van der Waals surface area contributed by atoms with Gasteiger partial charge >= 0.3 is 0 Å². The van der Waals surface area contributed by atoms with E-state index in [1.807, 2.05) is 16.8 Å². The molecule has 15 heavy (non-hydrogen) atoms. The molecular formula is C11H14N2S2. The molecule has 4 heteroatoms. The van der Waals surface area contributed by atoms with E-state index in [1.165, 1.54) is 4.88 Å². The van der Waals surface area contributed by atoms with Crippen molar-refractivity contribution in [2.24, 2.45) is 0 Å². The smallest absolute Gasteiger partial charge is 0.0795 e. The first-order valence-electron chi connectivity index (χ1n) is 4.97.